The second-order valence-corrected chi connectivity index (χ2v) is 11.1. The Labute approximate surface area is 249 Å². The van der Waals surface area contributed by atoms with Crippen molar-refractivity contribution in [1.29, 1.82) is 0 Å². The second-order valence-electron chi connectivity index (χ2n) is 11.1. The van der Waals surface area contributed by atoms with Gasteiger partial charge in [0.2, 0.25) is 17.7 Å². The number of allylic oxidation sites excluding steroid dienone is 1. The Kier molecular flexibility index (Phi) is 12.7. The monoisotopic (exact) mass is 575 g/mol. The van der Waals surface area contributed by atoms with Gasteiger partial charge in [-0.3, -0.25) is 19.2 Å². The average Bonchev–Trinajstić information content (AvgIpc) is 2.96. The van der Waals surface area contributed by atoms with Crippen LogP contribution in [0.1, 0.15) is 73.0 Å². The van der Waals surface area contributed by atoms with E-state index in [2.05, 4.69) is 12.2 Å². The largest absolute Gasteiger partial charge is 0.368 e. The highest BCUT2D eigenvalue weighted by Crippen LogP contribution is 2.34. The fourth-order valence-corrected chi connectivity index (χ4v) is 5.11. The molecule has 9 heteroatoms. The number of hydrogen-bond donors (Lipinski definition) is 2. The molecule has 9 nitrogen and oxygen atoms in total. The summed E-state index contributed by atoms with van der Waals surface area (Å²) in [5.41, 5.74) is 8.34. The number of fused-ring (bicyclic) bond motifs is 1. The molecular formula is C33H45N5O4. The van der Waals surface area contributed by atoms with Gasteiger partial charge in [0.05, 0.1) is 12.6 Å². The molecule has 0 bridgehead atoms. The van der Waals surface area contributed by atoms with Gasteiger partial charge >= 0.3 is 0 Å². The van der Waals surface area contributed by atoms with Crippen LogP contribution in [-0.2, 0) is 20.8 Å². The molecule has 0 aromatic heterocycles. The molecule has 1 atom stereocenters. The van der Waals surface area contributed by atoms with Crippen molar-refractivity contribution in [2.75, 3.05) is 45.6 Å². The lowest BCUT2D eigenvalue weighted by Crippen LogP contribution is -2.45. The van der Waals surface area contributed by atoms with Gasteiger partial charge in [0.25, 0.3) is 5.91 Å². The highest BCUT2D eigenvalue weighted by molar-refractivity contribution is 6.02. The van der Waals surface area contributed by atoms with Crippen LogP contribution in [0.25, 0.3) is 0 Å². The Hall–Kier alpha value is -3.98. The molecule has 2 aromatic rings. The minimum atomic E-state index is -0.576. The van der Waals surface area contributed by atoms with Crippen molar-refractivity contribution in [3.63, 3.8) is 0 Å². The fraction of sp³-hybridized carbons (Fsp3) is 0.455. The van der Waals surface area contributed by atoms with E-state index in [1.165, 1.54) is 17.7 Å². The van der Waals surface area contributed by atoms with Gasteiger partial charge in [-0.25, -0.2) is 0 Å². The van der Waals surface area contributed by atoms with E-state index in [-0.39, 0.29) is 43.3 Å². The lowest BCUT2D eigenvalue weighted by molar-refractivity contribution is -0.135. The molecule has 1 aliphatic heterocycles. The number of unbranched alkanes of at least 4 members (excludes halogenated alkanes) is 4. The SMILES string of the molecule is CCCCCCC=CC(=O)Nc1ccc2c(c1)C(=O)N(CCC(=O)N(CCN(C)C)CC(N)=O)C(c1ccccc1)C2. The number of hydrogen-bond acceptors (Lipinski definition) is 5. The zero-order valence-corrected chi connectivity index (χ0v) is 25.2. The number of primary amides is 1. The van der Waals surface area contributed by atoms with Gasteiger partial charge in [0.15, 0.2) is 0 Å². The first-order valence-corrected chi connectivity index (χ1v) is 14.9. The highest BCUT2D eigenvalue weighted by atomic mass is 16.2. The predicted octanol–water partition coefficient (Wildman–Crippen LogP) is 4.16. The summed E-state index contributed by atoms with van der Waals surface area (Å²) in [4.78, 5) is 56.3. The van der Waals surface area contributed by atoms with Crippen LogP contribution in [0.3, 0.4) is 0 Å². The standard InChI is InChI=1S/C33H45N5O4/c1-4-5-6-7-8-12-15-31(40)35-27-17-16-26-22-29(25-13-10-9-11-14-25)38(33(42)28(26)23-27)19-18-32(41)37(24-30(34)39)21-20-36(2)3/h9-17,23,29H,4-8,18-22,24H2,1-3H3,(H2,34,39)(H,35,40). The maximum atomic E-state index is 13.9. The average molecular weight is 576 g/mol. The second kappa shape index (κ2) is 16.5. The van der Waals surface area contributed by atoms with Crippen molar-refractivity contribution >= 4 is 29.3 Å². The molecule has 0 fully saturated rings. The van der Waals surface area contributed by atoms with Crippen molar-refractivity contribution in [2.24, 2.45) is 5.73 Å². The van der Waals surface area contributed by atoms with E-state index >= 15 is 0 Å². The molecule has 0 aliphatic carbocycles. The first-order chi connectivity index (χ1) is 20.2. The molecule has 1 aliphatic rings. The smallest absolute Gasteiger partial charge is 0.254 e. The van der Waals surface area contributed by atoms with E-state index in [4.69, 9.17) is 5.73 Å². The van der Waals surface area contributed by atoms with Crippen molar-refractivity contribution in [1.82, 2.24) is 14.7 Å². The maximum absolute atomic E-state index is 13.9. The molecule has 3 rings (SSSR count). The molecule has 0 spiro atoms. The Balaban J connectivity index is 1.76. The summed E-state index contributed by atoms with van der Waals surface area (Å²) in [7, 11) is 3.78. The van der Waals surface area contributed by atoms with Crippen LogP contribution in [0.4, 0.5) is 5.69 Å². The fourth-order valence-electron chi connectivity index (χ4n) is 5.11. The van der Waals surface area contributed by atoms with Gasteiger partial charge < -0.3 is 25.8 Å². The van der Waals surface area contributed by atoms with Crippen molar-refractivity contribution in [2.45, 2.75) is 57.9 Å². The van der Waals surface area contributed by atoms with Gasteiger partial charge in [-0.05, 0) is 62.7 Å². The van der Waals surface area contributed by atoms with Crippen molar-refractivity contribution < 1.29 is 19.2 Å². The first kappa shape index (κ1) is 32.5. The van der Waals surface area contributed by atoms with Crippen LogP contribution in [-0.4, -0.2) is 78.6 Å². The topological polar surface area (TPSA) is 116 Å². The maximum Gasteiger partial charge on any atom is 0.254 e. The van der Waals surface area contributed by atoms with E-state index in [0.29, 0.717) is 30.8 Å². The van der Waals surface area contributed by atoms with Gasteiger partial charge in [0, 0.05) is 37.3 Å². The van der Waals surface area contributed by atoms with Crippen LogP contribution in [0.15, 0.2) is 60.7 Å². The Morgan fingerprint density at radius 1 is 1.05 bits per heavy atom. The van der Waals surface area contributed by atoms with Crippen molar-refractivity contribution in [3.8, 4) is 0 Å². The first-order valence-electron chi connectivity index (χ1n) is 14.9. The summed E-state index contributed by atoms with van der Waals surface area (Å²) in [6.07, 6.45) is 9.51. The molecule has 42 heavy (non-hydrogen) atoms. The number of likely N-dealkylation sites (N-methyl/N-ethyl adjacent to an activating group) is 1. The summed E-state index contributed by atoms with van der Waals surface area (Å²) < 4.78 is 0. The number of amides is 4. The zero-order chi connectivity index (χ0) is 30.5. The van der Waals surface area contributed by atoms with Crippen LogP contribution in [0, 0.1) is 0 Å². The molecule has 4 amide bonds. The number of rotatable bonds is 16. The number of carbonyl (C=O) groups excluding carboxylic acids is 4. The summed E-state index contributed by atoms with van der Waals surface area (Å²) in [5.74, 6) is -1.24. The summed E-state index contributed by atoms with van der Waals surface area (Å²) in [6, 6.07) is 15.0. The lowest BCUT2D eigenvalue weighted by atomic mass is 9.89. The Morgan fingerprint density at radius 2 is 1.81 bits per heavy atom. The molecule has 1 heterocycles. The van der Waals surface area contributed by atoms with Crippen molar-refractivity contribution in [3.05, 3.63) is 77.4 Å². The highest BCUT2D eigenvalue weighted by Gasteiger charge is 2.34. The minimum absolute atomic E-state index is 0.0601. The van der Waals surface area contributed by atoms with E-state index in [1.807, 2.05) is 67.5 Å². The number of benzene rings is 2. The number of carbonyl (C=O) groups is 4. The molecule has 0 saturated carbocycles. The lowest BCUT2D eigenvalue weighted by Gasteiger charge is -2.37. The predicted molar refractivity (Wildman–Crippen MR) is 166 cm³/mol. The molecular weight excluding hydrogens is 530 g/mol. The molecule has 0 saturated heterocycles. The van der Waals surface area contributed by atoms with Gasteiger partial charge in [-0.2, -0.15) is 0 Å². The zero-order valence-electron chi connectivity index (χ0n) is 25.2. The van der Waals surface area contributed by atoms with E-state index in [0.717, 1.165) is 30.4 Å². The number of nitrogens with zero attached hydrogens (tertiary/aromatic N) is 3. The van der Waals surface area contributed by atoms with E-state index < -0.39 is 5.91 Å². The number of nitrogens with two attached hydrogens (primary N) is 1. The third-order valence-electron chi connectivity index (χ3n) is 7.42. The van der Waals surface area contributed by atoms with E-state index in [9.17, 15) is 19.2 Å². The molecule has 2 aromatic carbocycles. The summed E-state index contributed by atoms with van der Waals surface area (Å²) >= 11 is 0. The minimum Gasteiger partial charge on any atom is -0.368 e. The molecule has 226 valence electrons. The number of nitrogens with one attached hydrogen (secondary N) is 1. The van der Waals surface area contributed by atoms with E-state index in [1.54, 1.807) is 17.0 Å². The van der Waals surface area contributed by atoms with Crippen LogP contribution < -0.4 is 11.1 Å². The van der Waals surface area contributed by atoms with Crippen LogP contribution in [0.2, 0.25) is 0 Å². The number of anilines is 1. The molecule has 1 unspecified atom stereocenters. The quantitative estimate of drug-likeness (QED) is 0.230. The Morgan fingerprint density at radius 3 is 2.50 bits per heavy atom. The van der Waals surface area contributed by atoms with Gasteiger partial charge in [-0.1, -0.05) is 68.7 Å². The summed E-state index contributed by atoms with van der Waals surface area (Å²) in [6.45, 7) is 3.14. The van der Waals surface area contributed by atoms with Crippen LogP contribution in [0.5, 0.6) is 0 Å². The molecule has 3 N–H and O–H groups in total. The third kappa shape index (κ3) is 9.83. The molecule has 0 radical (unpaired) electrons. The van der Waals surface area contributed by atoms with Gasteiger partial charge in [0.1, 0.15) is 0 Å². The third-order valence-corrected chi connectivity index (χ3v) is 7.42. The normalized spacial score (nSPS) is 14.7. The van der Waals surface area contributed by atoms with Crippen LogP contribution >= 0.6 is 0 Å². The summed E-state index contributed by atoms with van der Waals surface area (Å²) in [5, 5.41) is 2.87. The van der Waals surface area contributed by atoms with Gasteiger partial charge in [-0.15, -0.1) is 0 Å². The Bertz CT molecular complexity index is 1240.